The van der Waals surface area contributed by atoms with Crippen molar-refractivity contribution < 1.29 is 19.2 Å². The number of ether oxygens (including phenoxy) is 2. The van der Waals surface area contributed by atoms with Crippen molar-refractivity contribution in [1.29, 1.82) is 0 Å². The van der Waals surface area contributed by atoms with Crippen LogP contribution in [0.2, 0.25) is 0 Å². The molecule has 166 valence electrons. The van der Waals surface area contributed by atoms with Gasteiger partial charge >= 0.3 is 5.97 Å². The summed E-state index contributed by atoms with van der Waals surface area (Å²) in [6.45, 7) is 3.82. The summed E-state index contributed by atoms with van der Waals surface area (Å²) in [5.41, 5.74) is 4.41. The van der Waals surface area contributed by atoms with E-state index in [4.69, 9.17) is 14.6 Å². The number of hydrogen-bond donors (Lipinski definition) is 0. The lowest BCUT2D eigenvalue weighted by atomic mass is 9.77. The number of rotatable bonds is 6. The monoisotopic (exact) mass is 435 g/mol. The summed E-state index contributed by atoms with van der Waals surface area (Å²) in [7, 11) is 1.64. The molecule has 0 spiro atoms. The van der Waals surface area contributed by atoms with Gasteiger partial charge in [-0.25, -0.2) is 4.79 Å². The number of non-ortho nitro benzene ring substituents is 1. The molecule has 1 heterocycles. The number of aryl methyl sites for hydroxylation is 1. The highest BCUT2D eigenvalue weighted by atomic mass is 16.6. The number of allylic oxidation sites excluding steroid dienone is 1. The van der Waals surface area contributed by atoms with E-state index >= 15 is 0 Å². The molecule has 1 aliphatic carbocycles. The molecule has 0 N–H and O–H groups in total. The summed E-state index contributed by atoms with van der Waals surface area (Å²) < 4.78 is 10.7. The van der Waals surface area contributed by atoms with E-state index in [9.17, 15) is 14.9 Å². The van der Waals surface area contributed by atoms with Crippen molar-refractivity contribution in [3.05, 3.63) is 81.0 Å². The van der Waals surface area contributed by atoms with Gasteiger partial charge in [0.25, 0.3) is 5.69 Å². The van der Waals surface area contributed by atoms with Crippen molar-refractivity contribution in [2.75, 3.05) is 13.7 Å². The molecule has 2 atom stereocenters. The second-order valence-electron chi connectivity index (χ2n) is 7.80. The third-order valence-corrected chi connectivity index (χ3v) is 5.92. The number of nitro groups is 1. The Bertz CT molecular complexity index is 1110. The van der Waals surface area contributed by atoms with Crippen molar-refractivity contribution in [2.24, 2.45) is 11.0 Å². The van der Waals surface area contributed by atoms with Gasteiger partial charge in [-0.05, 0) is 43.9 Å². The molecule has 4 rings (SSSR count). The number of hydrazone groups is 1. The fourth-order valence-electron chi connectivity index (χ4n) is 4.57. The van der Waals surface area contributed by atoms with Gasteiger partial charge in [-0.2, -0.15) is 5.10 Å². The van der Waals surface area contributed by atoms with E-state index in [1.54, 1.807) is 38.1 Å². The number of carbonyl (C=O) groups is 1. The molecule has 0 saturated carbocycles. The van der Waals surface area contributed by atoms with Gasteiger partial charge in [-0.15, -0.1) is 0 Å². The van der Waals surface area contributed by atoms with Gasteiger partial charge in [0.1, 0.15) is 5.75 Å². The summed E-state index contributed by atoms with van der Waals surface area (Å²) in [6.07, 6.45) is 3.09. The second-order valence-corrected chi connectivity index (χ2v) is 7.80. The van der Waals surface area contributed by atoms with Crippen LogP contribution in [0, 0.1) is 16.0 Å². The molecule has 8 nitrogen and oxygen atoms in total. The van der Waals surface area contributed by atoms with Crippen LogP contribution in [-0.2, 0) is 16.0 Å². The molecule has 32 heavy (non-hydrogen) atoms. The second kappa shape index (κ2) is 8.82. The van der Waals surface area contributed by atoms with E-state index in [0.29, 0.717) is 5.70 Å². The zero-order valence-corrected chi connectivity index (χ0v) is 18.3. The molecule has 0 bridgehead atoms. The molecule has 2 aromatic rings. The lowest BCUT2D eigenvalue weighted by Gasteiger charge is -2.31. The van der Waals surface area contributed by atoms with Gasteiger partial charge in [0.05, 0.1) is 30.4 Å². The number of esters is 1. The SMILES string of the molecule is CCOC(=O)/C=C(\C)N1N=C2c3c(cccc3OC)CCC2C1c1cccc([N+](=O)[O-])c1. The average molecular weight is 435 g/mol. The Morgan fingerprint density at radius 2 is 2.09 bits per heavy atom. The number of nitro benzene ring substituents is 1. The van der Waals surface area contributed by atoms with Crippen molar-refractivity contribution >= 4 is 17.4 Å². The van der Waals surface area contributed by atoms with E-state index in [1.165, 1.54) is 12.1 Å². The molecule has 0 radical (unpaired) electrons. The van der Waals surface area contributed by atoms with E-state index in [-0.39, 0.29) is 24.3 Å². The molecule has 0 aromatic heterocycles. The van der Waals surface area contributed by atoms with Crippen LogP contribution in [0.1, 0.15) is 43.0 Å². The van der Waals surface area contributed by atoms with E-state index in [1.807, 2.05) is 18.2 Å². The van der Waals surface area contributed by atoms with Gasteiger partial charge in [0.2, 0.25) is 0 Å². The molecule has 0 saturated heterocycles. The molecular formula is C24H25N3O5. The maximum atomic E-state index is 12.1. The molecule has 1 aliphatic heterocycles. The summed E-state index contributed by atoms with van der Waals surface area (Å²) in [5.74, 6) is 0.291. The predicted molar refractivity (Wildman–Crippen MR) is 119 cm³/mol. The van der Waals surface area contributed by atoms with Crippen molar-refractivity contribution in [3.63, 3.8) is 0 Å². The van der Waals surface area contributed by atoms with E-state index in [2.05, 4.69) is 6.07 Å². The maximum absolute atomic E-state index is 12.1. The smallest absolute Gasteiger partial charge is 0.332 e. The topological polar surface area (TPSA) is 94.3 Å². The Labute approximate surface area is 186 Å². The van der Waals surface area contributed by atoms with Crippen LogP contribution >= 0.6 is 0 Å². The minimum Gasteiger partial charge on any atom is -0.496 e. The lowest BCUT2D eigenvalue weighted by Crippen LogP contribution is -2.28. The highest BCUT2D eigenvalue weighted by molar-refractivity contribution is 6.08. The average Bonchev–Trinajstić information content (AvgIpc) is 3.18. The summed E-state index contributed by atoms with van der Waals surface area (Å²) in [5, 5.41) is 18.1. The van der Waals surface area contributed by atoms with Crippen molar-refractivity contribution in [1.82, 2.24) is 5.01 Å². The molecular weight excluding hydrogens is 410 g/mol. The van der Waals surface area contributed by atoms with Crippen LogP contribution < -0.4 is 4.74 Å². The minimum absolute atomic E-state index is 0.00801. The molecule has 8 heteroatoms. The number of hydrogen-bond acceptors (Lipinski definition) is 7. The maximum Gasteiger partial charge on any atom is 0.332 e. The van der Waals surface area contributed by atoms with Crippen LogP contribution in [0.15, 0.2) is 59.3 Å². The van der Waals surface area contributed by atoms with Gasteiger partial charge in [0.15, 0.2) is 0 Å². The normalized spacial score (nSPS) is 19.7. The molecule has 2 aliphatic rings. The summed E-state index contributed by atoms with van der Waals surface area (Å²) in [6, 6.07) is 12.3. The standard InChI is InChI=1S/C24H25N3O5/c1-4-32-21(28)13-15(2)26-24(17-8-5-9-18(14-17)27(29)30)19-12-11-16-7-6-10-20(31-3)22(16)23(19)25-26/h5-10,13-14,19,24H,4,11-12H2,1-3H3/b15-13+. The predicted octanol–water partition coefficient (Wildman–Crippen LogP) is 4.39. The number of carbonyl (C=O) groups excluding carboxylic acids is 1. The van der Waals surface area contributed by atoms with Crippen molar-refractivity contribution in [2.45, 2.75) is 32.7 Å². The van der Waals surface area contributed by atoms with Crippen LogP contribution in [0.3, 0.4) is 0 Å². The Kier molecular flexibility index (Phi) is 5.94. The van der Waals surface area contributed by atoms with Crippen LogP contribution in [-0.4, -0.2) is 35.3 Å². The fraction of sp³-hybridized carbons (Fsp3) is 0.333. The number of fused-ring (bicyclic) bond motifs is 3. The Morgan fingerprint density at radius 3 is 2.81 bits per heavy atom. The molecule has 2 unspecified atom stereocenters. The van der Waals surface area contributed by atoms with Gasteiger partial charge < -0.3 is 9.47 Å². The Hall–Kier alpha value is -3.68. The van der Waals surface area contributed by atoms with E-state index < -0.39 is 10.9 Å². The minimum atomic E-state index is -0.448. The van der Waals surface area contributed by atoms with Gasteiger partial charge in [-0.1, -0.05) is 24.3 Å². The third kappa shape index (κ3) is 3.84. The highest BCUT2D eigenvalue weighted by Crippen LogP contribution is 2.47. The fourth-order valence-corrected chi connectivity index (χ4v) is 4.57. The number of nitrogens with zero attached hydrogens (tertiary/aromatic N) is 3. The summed E-state index contributed by atoms with van der Waals surface area (Å²) >= 11 is 0. The van der Waals surface area contributed by atoms with Crippen molar-refractivity contribution in [3.8, 4) is 5.75 Å². The first kappa shape index (κ1) is 21.5. The first-order valence-electron chi connectivity index (χ1n) is 10.6. The van der Waals surface area contributed by atoms with Gasteiger partial charge in [-0.3, -0.25) is 15.1 Å². The molecule has 2 aromatic carbocycles. The van der Waals surface area contributed by atoms with E-state index in [0.717, 1.165) is 41.0 Å². The Balaban J connectivity index is 1.84. The zero-order chi connectivity index (χ0) is 22.8. The molecule has 0 fully saturated rings. The largest absolute Gasteiger partial charge is 0.496 e. The number of methoxy groups -OCH3 is 1. The highest BCUT2D eigenvalue weighted by Gasteiger charge is 2.43. The lowest BCUT2D eigenvalue weighted by molar-refractivity contribution is -0.385. The third-order valence-electron chi connectivity index (χ3n) is 5.92. The molecule has 0 amide bonds. The quantitative estimate of drug-likeness (QED) is 0.289. The summed E-state index contributed by atoms with van der Waals surface area (Å²) in [4.78, 5) is 23.1. The van der Waals surface area contributed by atoms with Crippen LogP contribution in [0.5, 0.6) is 5.75 Å². The first-order chi connectivity index (χ1) is 15.4. The van der Waals surface area contributed by atoms with Crippen LogP contribution in [0.25, 0.3) is 0 Å². The first-order valence-corrected chi connectivity index (χ1v) is 10.6. The van der Waals surface area contributed by atoms with Crippen LogP contribution in [0.4, 0.5) is 5.69 Å². The Morgan fingerprint density at radius 1 is 1.31 bits per heavy atom. The zero-order valence-electron chi connectivity index (χ0n) is 18.3. The number of benzene rings is 2. The van der Waals surface area contributed by atoms with Gasteiger partial charge in [0, 0.05) is 35.4 Å².